The van der Waals surface area contributed by atoms with E-state index in [9.17, 15) is 4.57 Å². The maximum Gasteiger partial charge on any atom is 0.361 e. The highest BCUT2D eigenvalue weighted by molar-refractivity contribution is 8.98. The lowest BCUT2D eigenvalue weighted by Crippen LogP contribution is -2.05. The molecule has 0 aromatic rings. The summed E-state index contributed by atoms with van der Waals surface area (Å²) in [5.74, 6) is 0. The molecule has 0 bridgehead atoms. The van der Waals surface area contributed by atoms with E-state index in [0.717, 1.165) is 0 Å². The van der Waals surface area contributed by atoms with Crippen LogP contribution in [0.1, 0.15) is 0 Å². The van der Waals surface area contributed by atoms with Crippen molar-refractivity contribution < 1.29 is 9.09 Å². The van der Waals surface area contributed by atoms with Gasteiger partial charge in [0.05, 0.1) is 6.34 Å². The van der Waals surface area contributed by atoms with Gasteiger partial charge in [-0.3, -0.25) is 14.6 Å². The quantitative estimate of drug-likeness (QED) is 0.328. The van der Waals surface area contributed by atoms with Gasteiger partial charge in [0, 0.05) is 24.6 Å². The minimum atomic E-state index is -2.74. The number of hydrogen-bond acceptors (Lipinski definition) is 5. The van der Waals surface area contributed by atoms with Gasteiger partial charge in [0.25, 0.3) is 0 Å². The molecule has 11 heavy (non-hydrogen) atoms. The van der Waals surface area contributed by atoms with Crippen molar-refractivity contribution in [2.45, 2.75) is 0 Å². The summed E-state index contributed by atoms with van der Waals surface area (Å²) in [6.07, 6.45) is 3.20. The van der Waals surface area contributed by atoms with Crippen molar-refractivity contribution in [3.63, 3.8) is 0 Å². The van der Waals surface area contributed by atoms with Gasteiger partial charge < -0.3 is 4.52 Å². The van der Waals surface area contributed by atoms with Crippen molar-refractivity contribution >= 4 is 34.3 Å². The molecule has 66 valence electrons. The Kier molecular flexibility index (Phi) is 6.14. The number of rotatable bonds is 5. The zero-order valence-corrected chi connectivity index (χ0v) is 9.13. The first-order valence-electron chi connectivity index (χ1n) is 2.75. The Morgan fingerprint density at radius 3 is 2.73 bits per heavy atom. The molecule has 1 N–H and O–H groups in total. The minimum absolute atomic E-state index is 1.17. The third kappa shape index (κ3) is 4.74. The van der Waals surface area contributed by atoms with Crippen LogP contribution in [0, 0.1) is 0 Å². The summed E-state index contributed by atoms with van der Waals surface area (Å²) < 4.78 is 16.2. The predicted molar refractivity (Wildman–Crippen MR) is 53.3 cm³/mol. The zero-order chi connectivity index (χ0) is 8.74. The molecule has 0 aliphatic heterocycles. The van der Waals surface area contributed by atoms with E-state index in [0.29, 0.717) is 0 Å². The van der Waals surface area contributed by atoms with Crippen LogP contribution in [0.4, 0.5) is 0 Å². The monoisotopic (exact) mass is 214 g/mol. The van der Waals surface area contributed by atoms with Gasteiger partial charge in [0.2, 0.25) is 0 Å². The van der Waals surface area contributed by atoms with Gasteiger partial charge in [-0.25, -0.2) is 0 Å². The second kappa shape index (κ2) is 5.94. The molecule has 0 heterocycles. The molecular weight excluding hydrogens is 203 g/mol. The van der Waals surface area contributed by atoms with Crippen molar-refractivity contribution in [2.24, 2.45) is 4.99 Å². The molecule has 0 aliphatic carbocycles. The second-order valence-corrected chi connectivity index (χ2v) is 7.77. The zero-order valence-electron chi connectivity index (χ0n) is 6.60. The largest absolute Gasteiger partial charge is 0.361 e. The lowest BCUT2D eigenvalue weighted by Gasteiger charge is -2.11. The summed E-state index contributed by atoms with van der Waals surface area (Å²) in [4.78, 5) is 3.64. The summed E-state index contributed by atoms with van der Waals surface area (Å²) in [6.45, 7) is -2.74. The molecule has 1 unspecified atom stereocenters. The van der Waals surface area contributed by atoms with Crippen LogP contribution in [0.3, 0.4) is 0 Å². The Balaban J connectivity index is 3.99. The molecule has 0 aromatic heterocycles. The summed E-state index contributed by atoms with van der Waals surface area (Å²) in [7, 11) is 5.55. The number of nitrogens with zero attached hydrogens (tertiary/aromatic N) is 1. The highest BCUT2D eigenvalue weighted by Crippen LogP contribution is 2.59. The van der Waals surface area contributed by atoms with E-state index < -0.39 is 6.72 Å². The van der Waals surface area contributed by atoms with Gasteiger partial charge in [-0.2, -0.15) is 0 Å². The van der Waals surface area contributed by atoms with Gasteiger partial charge in [0.15, 0.2) is 0 Å². The summed E-state index contributed by atoms with van der Waals surface area (Å²) in [5, 5.41) is 2.58. The highest BCUT2D eigenvalue weighted by atomic mass is 33.3. The number of hydrogen-bond donors (Lipinski definition) is 1. The lowest BCUT2D eigenvalue weighted by atomic mass is 11.3. The Bertz CT molecular complexity index is 175. The van der Waals surface area contributed by atoms with E-state index in [1.54, 1.807) is 7.05 Å². The molecule has 0 amide bonds. The van der Waals surface area contributed by atoms with E-state index in [2.05, 4.69) is 10.1 Å². The second-order valence-electron chi connectivity index (χ2n) is 1.44. The van der Waals surface area contributed by atoms with Crippen LogP contribution in [0.5, 0.6) is 0 Å². The van der Waals surface area contributed by atoms with Crippen LogP contribution in [0.2, 0.25) is 0 Å². The average Bonchev–Trinajstić information content (AvgIpc) is 2.02. The third-order valence-corrected chi connectivity index (χ3v) is 6.92. The third-order valence-electron chi connectivity index (χ3n) is 0.758. The van der Waals surface area contributed by atoms with Crippen LogP contribution in [0.15, 0.2) is 4.99 Å². The molecular formula is C4H11N2O2PS2. The Morgan fingerprint density at radius 1 is 1.73 bits per heavy atom. The van der Waals surface area contributed by atoms with Crippen LogP contribution in [0.25, 0.3) is 0 Å². The fourth-order valence-electron chi connectivity index (χ4n) is 0.331. The molecule has 0 spiro atoms. The molecule has 0 aliphatic rings. The van der Waals surface area contributed by atoms with E-state index >= 15 is 0 Å². The number of aliphatic imine (C=N–C) groups is 1. The molecule has 4 nitrogen and oxygen atoms in total. The van der Waals surface area contributed by atoms with Gasteiger partial charge in [-0.1, -0.05) is 10.8 Å². The Hall–Kier alpha value is 0.360. The fourth-order valence-corrected chi connectivity index (χ4v) is 4.74. The molecule has 1 atom stereocenters. The summed E-state index contributed by atoms with van der Waals surface area (Å²) >= 11 is 0. The normalized spacial score (nSPS) is 16.6. The smallest absolute Gasteiger partial charge is 0.309 e. The van der Waals surface area contributed by atoms with E-state index in [1.807, 2.05) is 6.26 Å². The molecule has 0 radical (unpaired) electrons. The maximum atomic E-state index is 11.5. The van der Waals surface area contributed by atoms with Crippen LogP contribution in [-0.4, -0.2) is 26.8 Å². The Morgan fingerprint density at radius 2 is 2.36 bits per heavy atom. The first-order valence-corrected chi connectivity index (χ1v) is 7.54. The standard InChI is InChI=1S/C4H11N2O2PS2/c1-5-4-6-9(7,8-2)11-10-3/h4H,1-3H3,(H,5,6,7). The summed E-state index contributed by atoms with van der Waals surface area (Å²) in [6, 6.07) is 0. The van der Waals surface area contributed by atoms with Gasteiger partial charge in [-0.15, -0.1) is 0 Å². The topological polar surface area (TPSA) is 50.7 Å². The molecule has 0 rings (SSSR count). The maximum absolute atomic E-state index is 11.5. The van der Waals surface area contributed by atoms with Gasteiger partial charge in [-0.05, 0) is 6.26 Å². The van der Waals surface area contributed by atoms with Crippen molar-refractivity contribution in [3.8, 4) is 0 Å². The first-order chi connectivity index (χ1) is 5.18. The predicted octanol–water partition coefficient (Wildman–Crippen LogP) is 2.00. The minimum Gasteiger partial charge on any atom is -0.309 e. The molecule has 0 fully saturated rings. The van der Waals surface area contributed by atoms with E-state index in [1.165, 1.54) is 34.7 Å². The molecule has 0 aromatic carbocycles. The average molecular weight is 214 g/mol. The number of nitrogens with one attached hydrogen (secondary N) is 1. The first kappa shape index (κ1) is 11.4. The SMILES string of the molecule is CN=CNP(=O)(OC)SSC. The lowest BCUT2D eigenvalue weighted by molar-refractivity contribution is 0.406. The van der Waals surface area contributed by atoms with Gasteiger partial charge >= 0.3 is 6.72 Å². The van der Waals surface area contributed by atoms with Crippen molar-refractivity contribution in [3.05, 3.63) is 0 Å². The van der Waals surface area contributed by atoms with Crippen molar-refractivity contribution in [1.82, 2.24) is 5.09 Å². The van der Waals surface area contributed by atoms with E-state index in [-0.39, 0.29) is 0 Å². The highest BCUT2D eigenvalue weighted by Gasteiger charge is 2.19. The fraction of sp³-hybridized carbons (Fsp3) is 0.750. The molecule has 0 saturated carbocycles. The van der Waals surface area contributed by atoms with Crippen LogP contribution >= 0.6 is 27.9 Å². The van der Waals surface area contributed by atoms with Gasteiger partial charge in [0.1, 0.15) is 0 Å². The molecule has 0 saturated heterocycles. The van der Waals surface area contributed by atoms with Crippen molar-refractivity contribution in [1.29, 1.82) is 0 Å². The summed E-state index contributed by atoms with van der Waals surface area (Å²) in [5.41, 5.74) is 0. The Labute approximate surface area is 74.2 Å². The van der Waals surface area contributed by atoms with Crippen LogP contribution < -0.4 is 5.09 Å². The van der Waals surface area contributed by atoms with E-state index in [4.69, 9.17) is 4.52 Å². The van der Waals surface area contributed by atoms with Crippen molar-refractivity contribution in [2.75, 3.05) is 20.4 Å². The molecule has 7 heteroatoms. The van der Waals surface area contributed by atoms with Crippen LogP contribution in [-0.2, 0) is 9.09 Å².